The van der Waals surface area contributed by atoms with E-state index in [1.807, 2.05) is 42.5 Å². The third kappa shape index (κ3) is 5.32. The van der Waals surface area contributed by atoms with Gasteiger partial charge >= 0.3 is 0 Å². The number of hydrogen-bond donors (Lipinski definition) is 2. The molecule has 10 nitrogen and oxygen atoms in total. The minimum Gasteiger partial charge on any atom is -0.454 e. The topological polar surface area (TPSA) is 106 Å². The number of nitrogens with zero attached hydrogens (tertiary/aromatic N) is 5. The third-order valence-corrected chi connectivity index (χ3v) is 5.76. The fourth-order valence-electron chi connectivity index (χ4n) is 3.37. The molecule has 1 saturated heterocycles. The van der Waals surface area contributed by atoms with Crippen LogP contribution >= 0.6 is 15.9 Å². The number of nitrogens with one attached hydrogen (secondary N) is 2. The predicted molar refractivity (Wildman–Crippen MR) is 128 cm³/mol. The number of fused-ring (bicyclic) bond motifs is 1. The van der Waals surface area contributed by atoms with E-state index in [2.05, 4.69) is 51.6 Å². The molecule has 0 saturated carbocycles. The summed E-state index contributed by atoms with van der Waals surface area (Å²) in [4.78, 5) is 15.7. The van der Waals surface area contributed by atoms with Gasteiger partial charge in [0, 0.05) is 29.7 Å². The van der Waals surface area contributed by atoms with Crippen molar-refractivity contribution in [1.29, 1.82) is 0 Å². The molecular weight excluding hydrogens is 490 g/mol. The Morgan fingerprint density at radius 1 is 1.00 bits per heavy atom. The van der Waals surface area contributed by atoms with Gasteiger partial charge in [-0.05, 0) is 33.6 Å². The van der Waals surface area contributed by atoms with E-state index in [0.29, 0.717) is 49.1 Å². The summed E-state index contributed by atoms with van der Waals surface area (Å²) in [5.41, 5.74) is 4.88. The molecule has 0 amide bonds. The summed E-state index contributed by atoms with van der Waals surface area (Å²) in [6.45, 7) is 3.52. The van der Waals surface area contributed by atoms with Gasteiger partial charge in [0.25, 0.3) is 0 Å². The molecule has 0 unspecified atom stereocenters. The Hall–Kier alpha value is -3.44. The molecule has 2 N–H and O–H groups in total. The molecule has 2 aliphatic heterocycles. The van der Waals surface area contributed by atoms with Gasteiger partial charge in [-0.25, -0.2) is 5.43 Å². The van der Waals surface area contributed by atoms with Gasteiger partial charge in [0.15, 0.2) is 11.5 Å². The average Bonchev–Trinajstić information content (AvgIpc) is 3.31. The van der Waals surface area contributed by atoms with Crippen LogP contribution in [0.15, 0.2) is 52.0 Å². The molecular formula is C22H22BrN7O3. The van der Waals surface area contributed by atoms with Crippen molar-refractivity contribution in [3.8, 4) is 11.5 Å². The Morgan fingerprint density at radius 2 is 1.76 bits per heavy atom. The molecule has 2 aliphatic rings. The van der Waals surface area contributed by atoms with Crippen molar-refractivity contribution >= 4 is 40.0 Å². The zero-order chi connectivity index (χ0) is 22.5. The number of hydrazone groups is 1. The maximum absolute atomic E-state index is 5.45. The van der Waals surface area contributed by atoms with E-state index in [4.69, 9.17) is 14.2 Å². The van der Waals surface area contributed by atoms with Crippen molar-refractivity contribution in [2.75, 3.05) is 48.7 Å². The number of rotatable bonds is 7. The summed E-state index contributed by atoms with van der Waals surface area (Å²) >= 11 is 3.53. The van der Waals surface area contributed by atoms with Crippen LogP contribution in [0.1, 0.15) is 11.1 Å². The van der Waals surface area contributed by atoms with Crippen LogP contribution in [0, 0.1) is 0 Å². The first kappa shape index (κ1) is 21.4. The van der Waals surface area contributed by atoms with Crippen LogP contribution in [0.25, 0.3) is 0 Å². The van der Waals surface area contributed by atoms with Gasteiger partial charge in [0.05, 0.1) is 19.4 Å². The Balaban J connectivity index is 1.34. The van der Waals surface area contributed by atoms with Gasteiger partial charge in [0.1, 0.15) is 0 Å². The predicted octanol–water partition coefficient (Wildman–Crippen LogP) is 3.26. The maximum atomic E-state index is 5.45. The first-order chi connectivity index (χ1) is 16.2. The SMILES string of the molecule is Brc1cc2c(cc1/C=N/Nc1nc(NCc3ccccc3)nc(N3CCOCC3)n1)OCO2. The molecule has 3 aromatic rings. The van der Waals surface area contributed by atoms with Crippen LogP contribution in [0.4, 0.5) is 17.8 Å². The molecule has 170 valence electrons. The summed E-state index contributed by atoms with van der Waals surface area (Å²) in [6.07, 6.45) is 1.67. The Morgan fingerprint density at radius 3 is 2.58 bits per heavy atom. The lowest BCUT2D eigenvalue weighted by Gasteiger charge is -2.27. The third-order valence-electron chi connectivity index (χ3n) is 5.07. The zero-order valence-electron chi connectivity index (χ0n) is 17.7. The molecule has 0 bridgehead atoms. The lowest BCUT2D eigenvalue weighted by molar-refractivity contribution is 0.122. The van der Waals surface area contributed by atoms with Gasteiger partial charge in [-0.3, -0.25) is 0 Å². The zero-order valence-corrected chi connectivity index (χ0v) is 19.3. The monoisotopic (exact) mass is 511 g/mol. The van der Waals surface area contributed by atoms with Gasteiger partial charge < -0.3 is 24.4 Å². The van der Waals surface area contributed by atoms with Gasteiger partial charge in [0.2, 0.25) is 24.6 Å². The number of morpholine rings is 1. The van der Waals surface area contributed by atoms with Crippen LogP contribution in [0.2, 0.25) is 0 Å². The average molecular weight is 512 g/mol. The van der Waals surface area contributed by atoms with E-state index in [0.717, 1.165) is 28.7 Å². The van der Waals surface area contributed by atoms with E-state index < -0.39 is 0 Å². The fourth-order valence-corrected chi connectivity index (χ4v) is 3.79. The van der Waals surface area contributed by atoms with E-state index >= 15 is 0 Å². The molecule has 0 aliphatic carbocycles. The Labute approximate surface area is 199 Å². The second-order valence-corrected chi connectivity index (χ2v) is 8.17. The largest absolute Gasteiger partial charge is 0.454 e. The Bertz CT molecular complexity index is 1140. The second kappa shape index (κ2) is 10.0. The quantitative estimate of drug-likeness (QED) is 0.365. The number of halogens is 1. The summed E-state index contributed by atoms with van der Waals surface area (Å²) in [7, 11) is 0. The summed E-state index contributed by atoms with van der Waals surface area (Å²) in [5.74, 6) is 2.77. The highest BCUT2D eigenvalue weighted by Crippen LogP contribution is 2.36. The first-order valence-corrected chi connectivity index (χ1v) is 11.3. The molecule has 33 heavy (non-hydrogen) atoms. The minimum absolute atomic E-state index is 0.217. The molecule has 0 spiro atoms. The standard InChI is InChI=1S/C22H22BrN7O3/c23-17-11-19-18(32-14-33-19)10-16(17)13-25-29-21-26-20(24-12-15-4-2-1-3-5-15)27-22(28-21)30-6-8-31-9-7-30/h1-5,10-11,13H,6-9,12,14H2,(H2,24,26,27,28,29)/b25-13+. The van der Waals surface area contributed by atoms with Crippen LogP contribution < -0.4 is 25.1 Å². The number of anilines is 3. The summed E-state index contributed by atoms with van der Waals surface area (Å²) in [5, 5.41) is 7.60. The lowest BCUT2D eigenvalue weighted by Crippen LogP contribution is -2.37. The van der Waals surface area contributed by atoms with Crippen molar-refractivity contribution in [1.82, 2.24) is 15.0 Å². The van der Waals surface area contributed by atoms with Crippen molar-refractivity contribution in [3.63, 3.8) is 0 Å². The van der Waals surface area contributed by atoms with E-state index in [-0.39, 0.29) is 6.79 Å². The van der Waals surface area contributed by atoms with E-state index in [9.17, 15) is 0 Å². The number of benzene rings is 2. The molecule has 1 fully saturated rings. The van der Waals surface area contributed by atoms with Crippen molar-refractivity contribution in [2.24, 2.45) is 5.10 Å². The summed E-state index contributed by atoms with van der Waals surface area (Å²) < 4.78 is 17.1. The van der Waals surface area contributed by atoms with Crippen LogP contribution in [-0.4, -0.2) is 54.3 Å². The highest BCUT2D eigenvalue weighted by Gasteiger charge is 2.17. The molecule has 0 radical (unpaired) electrons. The molecule has 5 rings (SSSR count). The summed E-state index contributed by atoms with van der Waals surface area (Å²) in [6, 6.07) is 13.8. The second-order valence-electron chi connectivity index (χ2n) is 7.32. The fraction of sp³-hybridized carbons (Fsp3) is 0.273. The molecule has 1 aromatic heterocycles. The first-order valence-electron chi connectivity index (χ1n) is 10.5. The van der Waals surface area contributed by atoms with E-state index in [1.54, 1.807) is 6.21 Å². The van der Waals surface area contributed by atoms with Crippen LogP contribution in [0.5, 0.6) is 11.5 Å². The van der Waals surface area contributed by atoms with E-state index in [1.165, 1.54) is 0 Å². The number of aromatic nitrogens is 3. The van der Waals surface area contributed by atoms with Gasteiger partial charge in [-0.15, -0.1) is 0 Å². The van der Waals surface area contributed by atoms with Crippen molar-refractivity contribution < 1.29 is 14.2 Å². The highest BCUT2D eigenvalue weighted by atomic mass is 79.9. The molecule has 2 aromatic carbocycles. The van der Waals surface area contributed by atoms with Gasteiger partial charge in [-0.2, -0.15) is 20.1 Å². The smallest absolute Gasteiger partial charge is 0.250 e. The molecule has 3 heterocycles. The highest BCUT2D eigenvalue weighted by molar-refractivity contribution is 9.10. The lowest BCUT2D eigenvalue weighted by atomic mass is 10.2. The number of ether oxygens (including phenoxy) is 3. The minimum atomic E-state index is 0.217. The molecule has 0 atom stereocenters. The van der Waals surface area contributed by atoms with Gasteiger partial charge in [-0.1, -0.05) is 30.3 Å². The van der Waals surface area contributed by atoms with Crippen LogP contribution in [0.3, 0.4) is 0 Å². The maximum Gasteiger partial charge on any atom is 0.250 e. The Kier molecular flexibility index (Phi) is 6.49. The normalized spacial score (nSPS) is 15.1. The van der Waals surface area contributed by atoms with Crippen molar-refractivity contribution in [2.45, 2.75) is 6.54 Å². The van der Waals surface area contributed by atoms with Crippen LogP contribution in [-0.2, 0) is 11.3 Å². The molecule has 11 heteroatoms. The van der Waals surface area contributed by atoms with Crippen molar-refractivity contribution in [3.05, 3.63) is 58.1 Å². The number of hydrogen-bond acceptors (Lipinski definition) is 10.